The second-order valence-corrected chi connectivity index (χ2v) is 5.59. The standard InChI is InChI=1S/C12H18BrFN2/c1-12(2,3)16-7-6-15-9-4-5-10(13)11(14)8-9/h4-5,8,15-16H,6-7H2,1-3H3. The fourth-order valence-corrected chi connectivity index (χ4v) is 1.50. The summed E-state index contributed by atoms with van der Waals surface area (Å²) in [4.78, 5) is 0. The van der Waals surface area contributed by atoms with E-state index in [-0.39, 0.29) is 11.4 Å². The van der Waals surface area contributed by atoms with Crippen molar-refractivity contribution in [3.8, 4) is 0 Å². The molecule has 0 aromatic heterocycles. The van der Waals surface area contributed by atoms with Crippen LogP contribution in [0.3, 0.4) is 0 Å². The molecule has 0 aliphatic carbocycles. The predicted molar refractivity (Wildman–Crippen MR) is 70.3 cm³/mol. The van der Waals surface area contributed by atoms with Crippen molar-refractivity contribution in [1.82, 2.24) is 5.32 Å². The van der Waals surface area contributed by atoms with Gasteiger partial charge in [0.25, 0.3) is 0 Å². The Balaban J connectivity index is 2.35. The maximum absolute atomic E-state index is 13.2. The lowest BCUT2D eigenvalue weighted by molar-refractivity contribution is 0.435. The molecule has 16 heavy (non-hydrogen) atoms. The number of hydrogen-bond donors (Lipinski definition) is 2. The van der Waals surface area contributed by atoms with Crippen LogP contribution in [0.15, 0.2) is 22.7 Å². The molecule has 0 aliphatic heterocycles. The van der Waals surface area contributed by atoms with Crippen LogP contribution >= 0.6 is 15.9 Å². The van der Waals surface area contributed by atoms with Gasteiger partial charge in [0.2, 0.25) is 0 Å². The highest BCUT2D eigenvalue weighted by atomic mass is 79.9. The molecule has 0 bridgehead atoms. The van der Waals surface area contributed by atoms with E-state index in [0.29, 0.717) is 4.47 Å². The molecule has 2 nitrogen and oxygen atoms in total. The van der Waals surface area contributed by atoms with E-state index in [2.05, 4.69) is 47.3 Å². The van der Waals surface area contributed by atoms with Crippen LogP contribution < -0.4 is 10.6 Å². The Morgan fingerprint density at radius 2 is 1.94 bits per heavy atom. The van der Waals surface area contributed by atoms with E-state index in [4.69, 9.17) is 0 Å². The van der Waals surface area contributed by atoms with Crippen molar-refractivity contribution in [2.75, 3.05) is 18.4 Å². The number of benzene rings is 1. The molecule has 0 heterocycles. The fraction of sp³-hybridized carbons (Fsp3) is 0.500. The van der Waals surface area contributed by atoms with Crippen LogP contribution in [0.4, 0.5) is 10.1 Å². The lowest BCUT2D eigenvalue weighted by Gasteiger charge is -2.20. The van der Waals surface area contributed by atoms with Crippen molar-refractivity contribution in [3.05, 3.63) is 28.5 Å². The normalized spacial score (nSPS) is 11.6. The summed E-state index contributed by atoms with van der Waals surface area (Å²) in [6.45, 7) is 7.98. The summed E-state index contributed by atoms with van der Waals surface area (Å²) < 4.78 is 13.7. The summed E-state index contributed by atoms with van der Waals surface area (Å²) in [5.74, 6) is -0.242. The van der Waals surface area contributed by atoms with Gasteiger partial charge in [-0.3, -0.25) is 0 Å². The summed E-state index contributed by atoms with van der Waals surface area (Å²) in [7, 11) is 0. The van der Waals surface area contributed by atoms with E-state index in [9.17, 15) is 4.39 Å². The third-order valence-electron chi connectivity index (χ3n) is 2.03. The zero-order valence-electron chi connectivity index (χ0n) is 9.90. The molecule has 0 radical (unpaired) electrons. The first-order valence-corrected chi connectivity index (χ1v) is 6.12. The van der Waals surface area contributed by atoms with Gasteiger partial charge in [-0.05, 0) is 54.9 Å². The van der Waals surface area contributed by atoms with Crippen molar-refractivity contribution in [1.29, 1.82) is 0 Å². The molecular weight excluding hydrogens is 271 g/mol. The van der Waals surface area contributed by atoms with E-state index < -0.39 is 0 Å². The zero-order valence-corrected chi connectivity index (χ0v) is 11.5. The van der Waals surface area contributed by atoms with Crippen LogP contribution in [0.25, 0.3) is 0 Å². The highest BCUT2D eigenvalue weighted by Gasteiger charge is 2.07. The Hall–Kier alpha value is -0.610. The smallest absolute Gasteiger partial charge is 0.139 e. The van der Waals surface area contributed by atoms with Crippen molar-refractivity contribution in [3.63, 3.8) is 0 Å². The second-order valence-electron chi connectivity index (χ2n) is 4.73. The average molecular weight is 289 g/mol. The van der Waals surface area contributed by atoms with Crippen LogP contribution in [0.2, 0.25) is 0 Å². The van der Waals surface area contributed by atoms with Gasteiger partial charge in [0.05, 0.1) is 4.47 Å². The van der Waals surface area contributed by atoms with E-state index >= 15 is 0 Å². The number of anilines is 1. The lowest BCUT2D eigenvalue weighted by atomic mass is 10.1. The Morgan fingerprint density at radius 3 is 2.50 bits per heavy atom. The molecule has 0 fully saturated rings. The number of rotatable bonds is 4. The molecule has 0 aliphatic rings. The maximum atomic E-state index is 13.2. The molecule has 1 aromatic carbocycles. The van der Waals surface area contributed by atoms with Crippen LogP contribution in [0.5, 0.6) is 0 Å². The third-order valence-corrected chi connectivity index (χ3v) is 2.67. The Kier molecular flexibility index (Phi) is 4.74. The van der Waals surface area contributed by atoms with E-state index in [1.165, 1.54) is 6.07 Å². The monoisotopic (exact) mass is 288 g/mol. The Labute approximate surface area is 105 Å². The number of hydrogen-bond acceptors (Lipinski definition) is 2. The molecule has 4 heteroatoms. The molecule has 0 saturated carbocycles. The summed E-state index contributed by atoms with van der Waals surface area (Å²) in [5.41, 5.74) is 0.920. The van der Waals surface area contributed by atoms with Crippen LogP contribution in [0, 0.1) is 5.82 Å². The van der Waals surface area contributed by atoms with Crippen LogP contribution in [0.1, 0.15) is 20.8 Å². The molecule has 0 unspecified atom stereocenters. The van der Waals surface area contributed by atoms with Gasteiger partial charge in [-0.15, -0.1) is 0 Å². The third kappa shape index (κ3) is 4.94. The highest BCUT2D eigenvalue weighted by Crippen LogP contribution is 2.18. The van der Waals surface area contributed by atoms with Gasteiger partial charge in [-0.1, -0.05) is 0 Å². The van der Waals surface area contributed by atoms with E-state index in [1.807, 2.05) is 6.07 Å². The summed E-state index contributed by atoms with van der Waals surface area (Å²) >= 11 is 3.12. The minimum atomic E-state index is -0.242. The van der Waals surface area contributed by atoms with Gasteiger partial charge in [-0.25, -0.2) is 4.39 Å². The second kappa shape index (κ2) is 5.64. The van der Waals surface area contributed by atoms with E-state index in [0.717, 1.165) is 18.8 Å². The first-order valence-electron chi connectivity index (χ1n) is 5.32. The minimum absolute atomic E-state index is 0.118. The molecule has 90 valence electrons. The Morgan fingerprint density at radius 1 is 1.25 bits per heavy atom. The van der Waals surface area contributed by atoms with Crippen molar-refractivity contribution < 1.29 is 4.39 Å². The van der Waals surface area contributed by atoms with Gasteiger partial charge in [0, 0.05) is 24.3 Å². The van der Waals surface area contributed by atoms with Crippen LogP contribution in [-0.4, -0.2) is 18.6 Å². The van der Waals surface area contributed by atoms with Gasteiger partial charge >= 0.3 is 0 Å². The highest BCUT2D eigenvalue weighted by molar-refractivity contribution is 9.10. The van der Waals surface area contributed by atoms with Crippen molar-refractivity contribution >= 4 is 21.6 Å². The average Bonchev–Trinajstić information content (AvgIpc) is 2.17. The molecule has 1 aromatic rings. The van der Waals surface area contributed by atoms with E-state index in [1.54, 1.807) is 6.07 Å². The molecule has 0 saturated heterocycles. The number of halogens is 2. The van der Waals surface area contributed by atoms with Crippen molar-refractivity contribution in [2.24, 2.45) is 0 Å². The van der Waals surface area contributed by atoms with Gasteiger partial charge in [-0.2, -0.15) is 0 Å². The van der Waals surface area contributed by atoms with Gasteiger partial charge in [0.1, 0.15) is 5.82 Å². The molecular formula is C12H18BrFN2. The largest absolute Gasteiger partial charge is 0.384 e. The van der Waals surface area contributed by atoms with Gasteiger partial charge in [0.15, 0.2) is 0 Å². The quantitative estimate of drug-likeness (QED) is 0.830. The summed E-state index contributed by atoms with van der Waals surface area (Å²) in [5, 5.41) is 6.51. The molecule has 2 N–H and O–H groups in total. The first kappa shape index (κ1) is 13.5. The maximum Gasteiger partial charge on any atom is 0.139 e. The Bertz CT molecular complexity index is 347. The molecule has 0 amide bonds. The SMILES string of the molecule is CC(C)(C)NCCNc1ccc(Br)c(F)c1. The number of nitrogens with one attached hydrogen (secondary N) is 2. The molecule has 0 spiro atoms. The zero-order chi connectivity index (χ0) is 12.2. The fourth-order valence-electron chi connectivity index (χ4n) is 1.25. The van der Waals surface area contributed by atoms with Gasteiger partial charge < -0.3 is 10.6 Å². The topological polar surface area (TPSA) is 24.1 Å². The predicted octanol–water partition coefficient (Wildman–Crippen LogP) is 3.39. The molecule has 0 atom stereocenters. The summed E-state index contributed by atoms with van der Waals surface area (Å²) in [6.07, 6.45) is 0. The van der Waals surface area contributed by atoms with Crippen LogP contribution in [-0.2, 0) is 0 Å². The first-order chi connectivity index (χ1) is 7.38. The minimum Gasteiger partial charge on any atom is -0.384 e. The molecule has 1 rings (SSSR count). The lowest BCUT2D eigenvalue weighted by Crippen LogP contribution is -2.38. The van der Waals surface area contributed by atoms with Crippen molar-refractivity contribution in [2.45, 2.75) is 26.3 Å². The summed E-state index contributed by atoms with van der Waals surface area (Å²) in [6, 6.07) is 5.04.